The number of nitrogens with zero attached hydrogens (tertiary/aromatic N) is 3. The summed E-state index contributed by atoms with van der Waals surface area (Å²) in [4.78, 5) is 4.43. The van der Waals surface area contributed by atoms with Crippen molar-refractivity contribution in [3.8, 4) is 0 Å². The van der Waals surface area contributed by atoms with Gasteiger partial charge in [-0.2, -0.15) is 5.10 Å². The number of nitrogens with one attached hydrogen (secondary N) is 1. The van der Waals surface area contributed by atoms with E-state index in [1.165, 1.54) is 0 Å². The Kier molecular flexibility index (Phi) is 5.79. The molecule has 104 valence electrons. The van der Waals surface area contributed by atoms with E-state index in [-0.39, 0.29) is 0 Å². The van der Waals surface area contributed by atoms with Crippen LogP contribution in [0.1, 0.15) is 53.4 Å². The minimum Gasteiger partial charge on any atom is -0.314 e. The zero-order valence-corrected chi connectivity index (χ0v) is 12.6. The van der Waals surface area contributed by atoms with Crippen LogP contribution in [0.15, 0.2) is 6.33 Å². The normalized spacial score (nSPS) is 15.3. The van der Waals surface area contributed by atoms with E-state index < -0.39 is 0 Å². The maximum Gasteiger partial charge on any atom is 0.138 e. The molecule has 0 amide bonds. The van der Waals surface area contributed by atoms with E-state index in [1.54, 1.807) is 6.33 Å². The second-order valence-electron chi connectivity index (χ2n) is 5.67. The Bertz CT molecular complexity index is 343. The van der Waals surface area contributed by atoms with Gasteiger partial charge in [0.05, 0.1) is 0 Å². The monoisotopic (exact) mass is 252 g/mol. The van der Waals surface area contributed by atoms with Gasteiger partial charge in [0.15, 0.2) is 0 Å². The molecule has 0 aliphatic carbocycles. The van der Waals surface area contributed by atoms with E-state index in [2.05, 4.69) is 56.9 Å². The molecule has 4 nitrogen and oxygen atoms in total. The van der Waals surface area contributed by atoms with E-state index in [0.717, 1.165) is 18.8 Å². The van der Waals surface area contributed by atoms with Crippen molar-refractivity contribution in [1.82, 2.24) is 20.1 Å². The highest BCUT2D eigenvalue weighted by molar-refractivity contribution is 4.92. The number of hydrogen-bond acceptors (Lipinski definition) is 3. The first-order valence-corrected chi connectivity index (χ1v) is 7.09. The molecule has 0 bridgehead atoms. The summed E-state index contributed by atoms with van der Waals surface area (Å²) in [5, 5.41) is 7.85. The topological polar surface area (TPSA) is 42.7 Å². The summed E-state index contributed by atoms with van der Waals surface area (Å²) in [5.41, 5.74) is 0. The third-order valence-electron chi connectivity index (χ3n) is 3.58. The highest BCUT2D eigenvalue weighted by atomic mass is 15.3. The largest absolute Gasteiger partial charge is 0.314 e. The Morgan fingerprint density at radius 1 is 1.22 bits per heavy atom. The fourth-order valence-electron chi connectivity index (χ4n) is 2.53. The van der Waals surface area contributed by atoms with Crippen LogP contribution in [0.2, 0.25) is 0 Å². The highest BCUT2D eigenvalue weighted by Crippen LogP contribution is 2.21. The molecule has 0 spiro atoms. The first-order valence-electron chi connectivity index (χ1n) is 7.09. The highest BCUT2D eigenvalue weighted by Gasteiger charge is 2.23. The standard InChI is InChI=1S/C14H28N4/c1-7-15-12(6)13(10(2)3)8-14-16-9-17-18(14)11(4)5/h9-13,15H,7-8H2,1-6H3. The van der Waals surface area contributed by atoms with E-state index in [1.807, 2.05) is 4.68 Å². The molecular weight excluding hydrogens is 224 g/mol. The zero-order chi connectivity index (χ0) is 13.7. The van der Waals surface area contributed by atoms with Crippen LogP contribution in [0.4, 0.5) is 0 Å². The van der Waals surface area contributed by atoms with Crippen LogP contribution in [-0.4, -0.2) is 27.4 Å². The predicted molar refractivity (Wildman–Crippen MR) is 75.6 cm³/mol. The molecule has 0 saturated heterocycles. The van der Waals surface area contributed by atoms with Gasteiger partial charge in [0, 0.05) is 18.5 Å². The lowest BCUT2D eigenvalue weighted by molar-refractivity contribution is 0.282. The number of rotatable bonds is 7. The van der Waals surface area contributed by atoms with Crippen LogP contribution in [0.5, 0.6) is 0 Å². The van der Waals surface area contributed by atoms with Crippen LogP contribution >= 0.6 is 0 Å². The Morgan fingerprint density at radius 2 is 1.89 bits per heavy atom. The average molecular weight is 252 g/mol. The van der Waals surface area contributed by atoms with E-state index >= 15 is 0 Å². The van der Waals surface area contributed by atoms with Gasteiger partial charge < -0.3 is 5.32 Å². The van der Waals surface area contributed by atoms with Gasteiger partial charge in [0.2, 0.25) is 0 Å². The molecule has 1 N–H and O–H groups in total. The molecule has 1 aromatic heterocycles. The third kappa shape index (κ3) is 3.80. The smallest absolute Gasteiger partial charge is 0.138 e. The van der Waals surface area contributed by atoms with Crippen LogP contribution in [0, 0.1) is 11.8 Å². The van der Waals surface area contributed by atoms with Crippen molar-refractivity contribution in [2.75, 3.05) is 6.54 Å². The summed E-state index contributed by atoms with van der Waals surface area (Å²) < 4.78 is 2.04. The maximum absolute atomic E-state index is 4.43. The summed E-state index contributed by atoms with van der Waals surface area (Å²) >= 11 is 0. The maximum atomic E-state index is 4.43. The first kappa shape index (κ1) is 15.2. The Morgan fingerprint density at radius 3 is 2.39 bits per heavy atom. The second kappa shape index (κ2) is 6.88. The molecule has 2 atom stereocenters. The predicted octanol–water partition coefficient (Wildman–Crippen LogP) is 2.67. The second-order valence-corrected chi connectivity index (χ2v) is 5.67. The summed E-state index contributed by atoms with van der Waals surface area (Å²) in [6.07, 6.45) is 2.66. The van der Waals surface area contributed by atoms with Crippen molar-refractivity contribution in [3.63, 3.8) is 0 Å². The molecular formula is C14H28N4. The first-order chi connectivity index (χ1) is 8.47. The summed E-state index contributed by atoms with van der Waals surface area (Å²) in [7, 11) is 0. The Labute approximate surface area is 111 Å². The fraction of sp³-hybridized carbons (Fsp3) is 0.857. The van der Waals surface area contributed by atoms with Crippen molar-refractivity contribution in [2.45, 2.75) is 60.0 Å². The summed E-state index contributed by atoms with van der Waals surface area (Å²) in [5.74, 6) is 2.33. The lowest BCUT2D eigenvalue weighted by Gasteiger charge is -2.28. The summed E-state index contributed by atoms with van der Waals surface area (Å²) in [6, 6.07) is 0.886. The van der Waals surface area contributed by atoms with Crippen molar-refractivity contribution in [3.05, 3.63) is 12.2 Å². The molecule has 18 heavy (non-hydrogen) atoms. The minimum absolute atomic E-state index is 0.379. The van der Waals surface area contributed by atoms with Crippen molar-refractivity contribution < 1.29 is 0 Å². The lowest BCUT2D eigenvalue weighted by Crippen LogP contribution is -2.37. The summed E-state index contributed by atoms with van der Waals surface area (Å²) in [6.45, 7) is 14.3. The fourth-order valence-corrected chi connectivity index (χ4v) is 2.53. The molecule has 0 aliphatic heterocycles. The van der Waals surface area contributed by atoms with Crippen molar-refractivity contribution in [2.24, 2.45) is 11.8 Å². The van der Waals surface area contributed by atoms with Gasteiger partial charge in [-0.15, -0.1) is 0 Å². The van der Waals surface area contributed by atoms with Gasteiger partial charge in [-0.3, -0.25) is 0 Å². The minimum atomic E-state index is 0.379. The SMILES string of the molecule is CCNC(C)C(Cc1ncnn1C(C)C)C(C)C. The van der Waals surface area contributed by atoms with Gasteiger partial charge >= 0.3 is 0 Å². The van der Waals surface area contributed by atoms with E-state index in [4.69, 9.17) is 0 Å². The number of hydrogen-bond donors (Lipinski definition) is 1. The lowest BCUT2D eigenvalue weighted by atomic mass is 9.86. The van der Waals surface area contributed by atoms with Crippen LogP contribution in [0.25, 0.3) is 0 Å². The molecule has 0 aliphatic rings. The molecule has 0 fully saturated rings. The molecule has 1 heterocycles. The average Bonchev–Trinajstić information content (AvgIpc) is 2.73. The molecule has 0 radical (unpaired) electrons. The molecule has 1 aromatic rings. The van der Waals surface area contributed by atoms with E-state index in [0.29, 0.717) is 23.9 Å². The number of aromatic nitrogens is 3. The van der Waals surface area contributed by atoms with Gasteiger partial charge in [-0.25, -0.2) is 9.67 Å². The van der Waals surface area contributed by atoms with Crippen LogP contribution in [-0.2, 0) is 6.42 Å². The quantitative estimate of drug-likeness (QED) is 0.811. The third-order valence-corrected chi connectivity index (χ3v) is 3.58. The van der Waals surface area contributed by atoms with Crippen molar-refractivity contribution in [1.29, 1.82) is 0 Å². The van der Waals surface area contributed by atoms with Gasteiger partial charge in [0.25, 0.3) is 0 Å². The van der Waals surface area contributed by atoms with Gasteiger partial charge in [-0.1, -0.05) is 20.8 Å². The Balaban J connectivity index is 2.80. The zero-order valence-electron chi connectivity index (χ0n) is 12.6. The molecule has 0 saturated carbocycles. The molecule has 4 heteroatoms. The molecule has 1 rings (SSSR count). The van der Waals surface area contributed by atoms with Crippen LogP contribution in [0.3, 0.4) is 0 Å². The van der Waals surface area contributed by atoms with Crippen LogP contribution < -0.4 is 5.32 Å². The van der Waals surface area contributed by atoms with E-state index in [9.17, 15) is 0 Å². The van der Waals surface area contributed by atoms with Gasteiger partial charge in [0.1, 0.15) is 12.2 Å². The molecule has 2 unspecified atom stereocenters. The Hall–Kier alpha value is -0.900. The van der Waals surface area contributed by atoms with Crippen molar-refractivity contribution >= 4 is 0 Å². The molecule has 0 aromatic carbocycles. The van der Waals surface area contributed by atoms with Gasteiger partial charge in [-0.05, 0) is 39.2 Å².